The third-order valence-electron chi connectivity index (χ3n) is 8.49. The molecule has 7 nitrogen and oxygen atoms in total. The summed E-state index contributed by atoms with van der Waals surface area (Å²) in [7, 11) is 4.04. The van der Waals surface area contributed by atoms with E-state index in [0.29, 0.717) is 17.4 Å². The first kappa shape index (κ1) is 29.3. The van der Waals surface area contributed by atoms with Crippen molar-refractivity contribution in [1.29, 1.82) is 0 Å². The van der Waals surface area contributed by atoms with Crippen molar-refractivity contribution in [1.82, 2.24) is 24.5 Å². The number of aromatic amines is 1. The van der Waals surface area contributed by atoms with Gasteiger partial charge in [0.15, 0.2) is 0 Å². The lowest BCUT2D eigenvalue weighted by Gasteiger charge is -2.12. The molecular weight excluding hydrogens is 610 g/mol. The smallest absolute Gasteiger partial charge is 0.128 e. The Hall–Kier alpha value is -3.37. The van der Waals surface area contributed by atoms with Gasteiger partial charge < -0.3 is 14.4 Å². The second kappa shape index (κ2) is 12.2. The summed E-state index contributed by atoms with van der Waals surface area (Å²) < 4.78 is 10.6. The molecule has 10 heteroatoms. The van der Waals surface area contributed by atoms with Crippen LogP contribution in [-0.4, -0.2) is 36.3 Å². The summed E-state index contributed by atoms with van der Waals surface area (Å²) in [6.07, 6.45) is 1.58. The molecule has 7 rings (SSSR count). The molecule has 44 heavy (non-hydrogen) atoms. The Bertz CT molecular complexity index is 2010. The van der Waals surface area contributed by atoms with E-state index in [1.807, 2.05) is 31.8 Å². The fraction of sp³-hybridized carbons (Fsp3) is 0.294. The highest BCUT2D eigenvalue weighted by Gasteiger charge is 2.24. The van der Waals surface area contributed by atoms with Gasteiger partial charge in [-0.15, -0.1) is 23.5 Å². The molecule has 0 unspecified atom stereocenters. The van der Waals surface area contributed by atoms with Crippen LogP contribution in [0.3, 0.4) is 0 Å². The van der Waals surface area contributed by atoms with E-state index in [-0.39, 0.29) is 6.61 Å². The zero-order valence-corrected chi connectivity index (χ0v) is 27.4. The number of H-pyrrole nitrogens is 1. The third-order valence-corrected chi connectivity index (χ3v) is 10.8. The number of ether oxygens (including phenoxy) is 1. The topological polar surface area (TPSA) is 80.9 Å². The fourth-order valence-electron chi connectivity index (χ4n) is 6.36. The Morgan fingerprint density at radius 3 is 2.75 bits per heavy atom. The number of hydrogen-bond donors (Lipinski definition) is 2. The zero-order valence-electron chi connectivity index (χ0n) is 25.0. The van der Waals surface area contributed by atoms with Gasteiger partial charge in [0.1, 0.15) is 5.75 Å². The van der Waals surface area contributed by atoms with E-state index in [4.69, 9.17) is 26.5 Å². The van der Waals surface area contributed by atoms with E-state index in [1.54, 1.807) is 23.5 Å². The number of aliphatic hydroxyl groups excluding tert-OH is 1. The highest BCUT2D eigenvalue weighted by atomic mass is 35.5. The lowest BCUT2D eigenvalue weighted by atomic mass is 9.98. The number of rotatable bonds is 1. The fourth-order valence-corrected chi connectivity index (χ4v) is 8.44. The van der Waals surface area contributed by atoms with Crippen LogP contribution in [0.25, 0.3) is 32.8 Å². The van der Waals surface area contributed by atoms with E-state index < -0.39 is 0 Å². The van der Waals surface area contributed by atoms with Crippen molar-refractivity contribution in [2.45, 2.75) is 48.5 Å². The van der Waals surface area contributed by atoms with Gasteiger partial charge in [0.05, 0.1) is 35.1 Å². The molecule has 2 N–H and O–H groups in total. The minimum Gasteiger partial charge on any atom is -0.493 e. The molecule has 6 aromatic rings. The van der Waals surface area contributed by atoms with E-state index >= 15 is 0 Å². The van der Waals surface area contributed by atoms with Gasteiger partial charge in [0.25, 0.3) is 0 Å². The SMILES string of the molecule is Cc1[nH]nc2c1-c1c(Cl)ccc3c(c(CO)n(C)c13)CCCOc1cc(cc3ccccc13)SCc1cc(nn1C)CSC2. The quantitative estimate of drug-likeness (QED) is 0.189. The van der Waals surface area contributed by atoms with E-state index in [0.717, 1.165) is 85.9 Å². The second-order valence-corrected chi connectivity index (χ2v) is 13.7. The van der Waals surface area contributed by atoms with Gasteiger partial charge in [-0.05, 0) is 55.0 Å². The molecule has 0 aliphatic carbocycles. The molecule has 0 saturated carbocycles. The third kappa shape index (κ3) is 5.30. The molecule has 4 heterocycles. The average Bonchev–Trinajstić information content (AvgIpc) is 3.65. The predicted molar refractivity (Wildman–Crippen MR) is 182 cm³/mol. The summed E-state index contributed by atoms with van der Waals surface area (Å²) in [5, 5.41) is 27.3. The molecule has 0 fully saturated rings. The number of nitrogens with zero attached hydrogens (tertiary/aromatic N) is 4. The molecule has 1 aliphatic rings. The number of hydrogen-bond acceptors (Lipinski definition) is 6. The highest BCUT2D eigenvalue weighted by molar-refractivity contribution is 7.98. The lowest BCUT2D eigenvalue weighted by Crippen LogP contribution is -2.03. The van der Waals surface area contributed by atoms with Crippen LogP contribution >= 0.6 is 35.1 Å². The standard InChI is InChI=1S/C34H34ClN5O2S2/c1-20-32-29(37-36-20)19-43-17-22-14-23(40(3)38-22)18-44-24-13-21-7-4-5-8-25(21)31(15-24)42-12-6-9-26-27-10-11-28(35)33(32)34(27)39(2)30(26)16-41/h4-5,7-8,10-11,13-15,41H,6,9,12,16-19H2,1-3H3,(H,36,37). The maximum atomic E-state index is 10.5. The van der Waals surface area contributed by atoms with Crippen LogP contribution in [0.15, 0.2) is 59.5 Å². The molecule has 0 atom stereocenters. The molecule has 3 aromatic heterocycles. The Balaban J connectivity index is 1.33. The minimum atomic E-state index is -0.0541. The number of halogens is 1. The van der Waals surface area contributed by atoms with Gasteiger partial charge in [0.2, 0.25) is 0 Å². The van der Waals surface area contributed by atoms with Crippen LogP contribution in [0.4, 0.5) is 0 Å². The molecule has 1 aliphatic heterocycles. The van der Waals surface area contributed by atoms with Crippen LogP contribution in [0.1, 0.15) is 40.5 Å². The maximum absolute atomic E-state index is 10.5. The van der Waals surface area contributed by atoms with Crippen molar-refractivity contribution in [2.75, 3.05) is 6.61 Å². The first-order valence-corrected chi connectivity index (χ1v) is 17.3. The molecule has 0 spiro atoms. The van der Waals surface area contributed by atoms with Crippen LogP contribution in [0, 0.1) is 6.92 Å². The largest absolute Gasteiger partial charge is 0.493 e. The Morgan fingerprint density at radius 2 is 1.89 bits per heavy atom. The molecular formula is C34H34ClN5O2S2. The van der Waals surface area contributed by atoms with Crippen LogP contribution in [0.5, 0.6) is 5.75 Å². The summed E-state index contributed by atoms with van der Waals surface area (Å²) in [5.41, 5.74) is 9.21. The number of fused-ring (bicyclic) bond motifs is 8. The van der Waals surface area contributed by atoms with Gasteiger partial charge in [-0.2, -0.15) is 10.2 Å². The van der Waals surface area contributed by atoms with Gasteiger partial charge in [-0.25, -0.2) is 0 Å². The van der Waals surface area contributed by atoms with Gasteiger partial charge >= 0.3 is 0 Å². The molecule has 8 bridgehead atoms. The van der Waals surface area contributed by atoms with Crippen LogP contribution in [0.2, 0.25) is 5.02 Å². The first-order valence-electron chi connectivity index (χ1n) is 14.7. The lowest BCUT2D eigenvalue weighted by molar-refractivity contribution is 0.271. The number of aliphatic hydroxyl groups is 1. The van der Waals surface area contributed by atoms with Gasteiger partial charge in [-0.3, -0.25) is 9.78 Å². The molecule has 3 aromatic carbocycles. The summed E-state index contributed by atoms with van der Waals surface area (Å²) in [5.74, 6) is 3.21. The number of aromatic nitrogens is 5. The second-order valence-electron chi connectivity index (χ2n) is 11.3. The molecule has 226 valence electrons. The number of nitrogens with one attached hydrogen (secondary N) is 1. The van der Waals surface area contributed by atoms with Crippen molar-refractivity contribution in [2.24, 2.45) is 14.1 Å². The highest BCUT2D eigenvalue weighted by Crippen LogP contribution is 2.42. The number of thioether (sulfide) groups is 2. The molecule has 0 saturated heterocycles. The Morgan fingerprint density at radius 1 is 1.02 bits per heavy atom. The molecule has 0 amide bonds. The first-order chi connectivity index (χ1) is 21.4. The monoisotopic (exact) mass is 643 g/mol. The summed E-state index contributed by atoms with van der Waals surface area (Å²) in [6, 6.07) is 19.1. The number of aryl methyl sites for hydroxylation is 4. The van der Waals surface area contributed by atoms with Gasteiger partial charge in [-0.1, -0.05) is 41.9 Å². The normalized spacial score (nSPS) is 14.5. The van der Waals surface area contributed by atoms with E-state index in [2.05, 4.69) is 58.2 Å². The zero-order chi connectivity index (χ0) is 30.4. The summed E-state index contributed by atoms with van der Waals surface area (Å²) in [4.78, 5) is 1.17. The summed E-state index contributed by atoms with van der Waals surface area (Å²) >= 11 is 10.6. The predicted octanol–water partition coefficient (Wildman–Crippen LogP) is 7.96. The van der Waals surface area contributed by atoms with Gasteiger partial charge in [0, 0.05) is 75.2 Å². The Labute approximate surface area is 269 Å². The van der Waals surface area contributed by atoms with E-state index in [1.165, 1.54) is 16.0 Å². The van der Waals surface area contributed by atoms with Crippen molar-refractivity contribution < 1.29 is 9.84 Å². The van der Waals surface area contributed by atoms with Crippen molar-refractivity contribution in [3.8, 4) is 16.9 Å². The molecule has 0 radical (unpaired) electrons. The summed E-state index contributed by atoms with van der Waals surface area (Å²) in [6.45, 7) is 2.55. The number of benzene rings is 3. The Kier molecular flexibility index (Phi) is 8.14. The van der Waals surface area contributed by atoms with Crippen molar-refractivity contribution >= 4 is 56.8 Å². The van der Waals surface area contributed by atoms with Crippen LogP contribution in [-0.2, 0) is 44.4 Å². The maximum Gasteiger partial charge on any atom is 0.128 e. The van der Waals surface area contributed by atoms with Crippen molar-refractivity contribution in [3.05, 3.63) is 93.7 Å². The van der Waals surface area contributed by atoms with E-state index in [9.17, 15) is 5.11 Å². The average molecular weight is 644 g/mol. The van der Waals surface area contributed by atoms with Crippen molar-refractivity contribution in [3.63, 3.8) is 0 Å². The minimum absolute atomic E-state index is 0.0541. The van der Waals surface area contributed by atoms with Crippen LogP contribution < -0.4 is 4.74 Å².